The monoisotopic (exact) mass is 575 g/mol. The summed E-state index contributed by atoms with van der Waals surface area (Å²) in [6, 6.07) is 8.74. The highest BCUT2D eigenvalue weighted by Gasteiger charge is 2.43. The summed E-state index contributed by atoms with van der Waals surface area (Å²) in [4.78, 5) is 28.7. The van der Waals surface area contributed by atoms with Crippen LogP contribution in [0.1, 0.15) is 56.9 Å². The molecule has 2 aromatic carbocycles. The zero-order valence-electron chi connectivity index (χ0n) is 21.1. The average molecular weight is 576 g/mol. The van der Waals surface area contributed by atoms with Gasteiger partial charge in [0, 0.05) is 52.9 Å². The van der Waals surface area contributed by atoms with E-state index < -0.39 is 16.0 Å². The van der Waals surface area contributed by atoms with Gasteiger partial charge in [0.2, 0.25) is 5.75 Å². The molecule has 1 aliphatic heterocycles. The molecule has 10 heteroatoms. The highest BCUT2D eigenvalue weighted by molar-refractivity contribution is 7.87. The van der Waals surface area contributed by atoms with Gasteiger partial charge in [0.1, 0.15) is 4.90 Å². The standard InChI is InChI=1S/C28H27Cl2NO6S/c1-3-31-20-6-4-8-22(32)26(20)25(27-21(31)7-5-9-23(27)33)16-14-19(30)28(24(15-16)36-2)37-38(34,35)18-12-10-17(29)11-13-18/h10-15,25H,3-9H2,1-2H3. The Labute approximate surface area is 232 Å². The average Bonchev–Trinajstić information content (AvgIpc) is 2.89. The lowest BCUT2D eigenvalue weighted by Gasteiger charge is -2.43. The summed E-state index contributed by atoms with van der Waals surface area (Å²) in [5.74, 6) is -0.664. The van der Waals surface area contributed by atoms with Crippen molar-refractivity contribution in [3.05, 3.63) is 74.5 Å². The number of Topliss-reactive ketones (excluding diaryl/α,β-unsaturated/α-hetero) is 2. The molecular formula is C28H27Cl2NO6S. The first-order valence-corrected chi connectivity index (χ1v) is 14.7. The van der Waals surface area contributed by atoms with Crippen molar-refractivity contribution in [2.75, 3.05) is 13.7 Å². The number of nitrogens with zero attached hydrogens (tertiary/aromatic N) is 1. The number of benzene rings is 2. The van der Waals surface area contributed by atoms with Crippen LogP contribution in [0, 0.1) is 0 Å². The number of hydrogen-bond acceptors (Lipinski definition) is 7. The van der Waals surface area contributed by atoms with Crippen molar-refractivity contribution in [3.63, 3.8) is 0 Å². The summed E-state index contributed by atoms with van der Waals surface area (Å²) in [5.41, 5.74) is 3.75. The van der Waals surface area contributed by atoms with Crippen molar-refractivity contribution < 1.29 is 26.9 Å². The highest BCUT2D eigenvalue weighted by atomic mass is 35.5. The van der Waals surface area contributed by atoms with Gasteiger partial charge < -0.3 is 13.8 Å². The molecule has 0 radical (unpaired) electrons. The Bertz CT molecular complexity index is 1450. The summed E-state index contributed by atoms with van der Waals surface area (Å²) in [6.45, 7) is 2.70. The molecule has 3 aliphatic rings. The van der Waals surface area contributed by atoms with Crippen molar-refractivity contribution in [1.29, 1.82) is 0 Å². The van der Waals surface area contributed by atoms with Crippen LogP contribution in [0.4, 0.5) is 0 Å². The summed E-state index contributed by atoms with van der Waals surface area (Å²) in [5, 5.41) is 0.375. The first kappa shape index (κ1) is 26.8. The molecule has 0 fully saturated rings. The normalized spacial score (nSPS) is 18.5. The number of carbonyl (C=O) groups is 2. The van der Waals surface area contributed by atoms with Crippen LogP contribution in [0.3, 0.4) is 0 Å². The number of rotatable bonds is 6. The van der Waals surface area contributed by atoms with Gasteiger partial charge in [-0.25, -0.2) is 0 Å². The van der Waals surface area contributed by atoms with Crippen LogP contribution in [0.15, 0.2) is 63.8 Å². The third-order valence-electron chi connectivity index (χ3n) is 7.28. The number of allylic oxidation sites excluding steroid dienone is 4. The van der Waals surface area contributed by atoms with Gasteiger partial charge in [-0.1, -0.05) is 23.2 Å². The number of carbonyl (C=O) groups excluding carboxylic acids is 2. The summed E-state index contributed by atoms with van der Waals surface area (Å²) >= 11 is 12.5. The van der Waals surface area contributed by atoms with Gasteiger partial charge >= 0.3 is 10.1 Å². The Kier molecular flexibility index (Phi) is 7.33. The van der Waals surface area contributed by atoms with E-state index in [0.29, 0.717) is 41.1 Å². The van der Waals surface area contributed by atoms with Crippen molar-refractivity contribution in [2.45, 2.75) is 56.3 Å². The fraction of sp³-hybridized carbons (Fsp3) is 0.357. The number of ketones is 2. The summed E-state index contributed by atoms with van der Waals surface area (Å²) in [7, 11) is -2.87. The zero-order valence-corrected chi connectivity index (χ0v) is 23.4. The van der Waals surface area contributed by atoms with Crippen molar-refractivity contribution >= 4 is 44.9 Å². The molecule has 0 aromatic heterocycles. The van der Waals surface area contributed by atoms with Crippen molar-refractivity contribution in [1.82, 2.24) is 4.90 Å². The van der Waals surface area contributed by atoms with Gasteiger partial charge in [-0.15, -0.1) is 0 Å². The third-order valence-corrected chi connectivity index (χ3v) is 9.05. The van der Waals surface area contributed by atoms with Gasteiger partial charge in [-0.05, 0) is 74.6 Å². The lowest BCUT2D eigenvalue weighted by Crippen LogP contribution is -2.39. The number of hydrogen-bond donors (Lipinski definition) is 0. The summed E-state index contributed by atoms with van der Waals surface area (Å²) < 4.78 is 36.9. The van der Waals surface area contributed by atoms with Gasteiger partial charge in [0.25, 0.3) is 0 Å². The predicted octanol–water partition coefficient (Wildman–Crippen LogP) is 6.20. The predicted molar refractivity (Wildman–Crippen MR) is 144 cm³/mol. The highest BCUT2D eigenvalue weighted by Crippen LogP contribution is 2.51. The van der Waals surface area contributed by atoms with E-state index in [4.69, 9.17) is 32.1 Å². The van der Waals surface area contributed by atoms with Crippen molar-refractivity contribution in [2.24, 2.45) is 0 Å². The molecule has 2 aliphatic carbocycles. The molecular weight excluding hydrogens is 549 g/mol. The molecule has 0 N–H and O–H groups in total. The largest absolute Gasteiger partial charge is 0.493 e. The Morgan fingerprint density at radius 1 is 0.921 bits per heavy atom. The number of methoxy groups -OCH3 is 1. The second kappa shape index (κ2) is 10.4. The Morgan fingerprint density at radius 3 is 2.03 bits per heavy atom. The lowest BCUT2D eigenvalue weighted by atomic mass is 9.71. The molecule has 0 amide bonds. The van der Waals surface area contributed by atoms with E-state index >= 15 is 0 Å². The molecule has 7 nitrogen and oxygen atoms in total. The molecule has 0 bridgehead atoms. The maximum Gasteiger partial charge on any atom is 0.339 e. The van der Waals surface area contributed by atoms with E-state index in [2.05, 4.69) is 4.90 Å². The minimum atomic E-state index is -4.25. The molecule has 0 saturated carbocycles. The Hall–Kier alpha value is -2.81. The quantitative estimate of drug-likeness (QED) is 0.378. The van der Waals surface area contributed by atoms with Crippen LogP contribution in [-0.2, 0) is 19.7 Å². The second-order valence-electron chi connectivity index (χ2n) is 9.48. The first-order valence-electron chi connectivity index (χ1n) is 12.5. The summed E-state index contributed by atoms with van der Waals surface area (Å²) in [6.07, 6.45) is 3.85. The van der Waals surface area contributed by atoms with Gasteiger partial charge in [0.05, 0.1) is 12.1 Å². The minimum Gasteiger partial charge on any atom is -0.493 e. The molecule has 2 aromatic rings. The molecule has 0 atom stereocenters. The third kappa shape index (κ3) is 4.63. The number of ether oxygens (including phenoxy) is 1. The van der Waals surface area contributed by atoms with Crippen LogP contribution < -0.4 is 8.92 Å². The minimum absolute atomic E-state index is 0.00868. The van der Waals surface area contributed by atoms with E-state index in [-0.39, 0.29) is 33.0 Å². The molecule has 38 heavy (non-hydrogen) atoms. The van der Waals surface area contributed by atoms with E-state index in [9.17, 15) is 18.0 Å². The van der Waals surface area contributed by atoms with Crippen LogP contribution in [-0.4, -0.2) is 38.5 Å². The molecule has 0 unspecified atom stereocenters. The topological polar surface area (TPSA) is 90.0 Å². The van der Waals surface area contributed by atoms with Crippen molar-refractivity contribution in [3.8, 4) is 11.5 Å². The van der Waals surface area contributed by atoms with Gasteiger partial charge in [-0.3, -0.25) is 9.59 Å². The Balaban J connectivity index is 1.64. The van der Waals surface area contributed by atoms with E-state index in [0.717, 1.165) is 37.1 Å². The maximum absolute atomic E-state index is 13.3. The lowest BCUT2D eigenvalue weighted by molar-refractivity contribution is -0.117. The zero-order chi connectivity index (χ0) is 27.2. The number of halogens is 2. The van der Waals surface area contributed by atoms with Gasteiger partial charge in [0.15, 0.2) is 17.3 Å². The first-order chi connectivity index (χ1) is 18.2. The van der Waals surface area contributed by atoms with Crippen LogP contribution in [0.2, 0.25) is 10.0 Å². The Morgan fingerprint density at radius 2 is 1.50 bits per heavy atom. The van der Waals surface area contributed by atoms with E-state index in [1.165, 1.54) is 31.4 Å². The van der Waals surface area contributed by atoms with Crippen LogP contribution in [0.25, 0.3) is 0 Å². The smallest absolute Gasteiger partial charge is 0.339 e. The molecule has 1 heterocycles. The second-order valence-corrected chi connectivity index (χ2v) is 11.9. The molecule has 5 rings (SSSR count). The SMILES string of the molecule is CCN1C2=C(C(=O)CCC2)C(c2cc(Cl)c(OS(=O)(=O)c3ccc(Cl)cc3)c(OC)c2)C2=C1CCCC2=O. The van der Waals surface area contributed by atoms with Crippen LogP contribution in [0.5, 0.6) is 11.5 Å². The van der Waals surface area contributed by atoms with Crippen LogP contribution >= 0.6 is 23.2 Å². The fourth-order valence-electron chi connectivity index (χ4n) is 5.68. The molecule has 0 spiro atoms. The molecule has 200 valence electrons. The maximum atomic E-state index is 13.3. The van der Waals surface area contributed by atoms with E-state index in [1.807, 2.05) is 6.92 Å². The van der Waals surface area contributed by atoms with Gasteiger partial charge in [-0.2, -0.15) is 8.42 Å². The fourth-order valence-corrected chi connectivity index (χ4v) is 7.06. The van der Waals surface area contributed by atoms with E-state index in [1.54, 1.807) is 12.1 Å². The molecule has 0 saturated heterocycles.